The number of rotatable bonds is 4. The van der Waals surface area contributed by atoms with E-state index in [2.05, 4.69) is 10.4 Å². The lowest BCUT2D eigenvalue weighted by Gasteiger charge is -2.14. The van der Waals surface area contributed by atoms with Crippen molar-refractivity contribution in [3.8, 4) is 5.75 Å². The Morgan fingerprint density at radius 3 is 2.85 bits per heavy atom. The molecule has 0 radical (unpaired) electrons. The smallest absolute Gasteiger partial charge is 0.414 e. The Hall–Kier alpha value is -3.55. The molecule has 1 aliphatic heterocycles. The van der Waals surface area contributed by atoms with E-state index in [9.17, 15) is 14.7 Å². The Balaban J connectivity index is 1.67. The van der Waals surface area contributed by atoms with Gasteiger partial charge in [-0.3, -0.25) is 14.4 Å². The summed E-state index contributed by atoms with van der Waals surface area (Å²) in [5.41, 5.74) is 2.13. The van der Waals surface area contributed by atoms with Gasteiger partial charge < -0.3 is 15.2 Å². The van der Waals surface area contributed by atoms with E-state index in [-0.39, 0.29) is 18.1 Å². The van der Waals surface area contributed by atoms with Crippen LogP contribution in [0.4, 0.5) is 16.3 Å². The number of ether oxygens (including phenoxy) is 1. The molecule has 0 saturated carbocycles. The normalized spacial score (nSPS) is 13.8. The lowest BCUT2D eigenvalue weighted by molar-refractivity contribution is -0.115. The molecule has 2 heterocycles. The molecule has 0 atom stereocenters. The van der Waals surface area contributed by atoms with E-state index in [0.717, 1.165) is 5.52 Å². The summed E-state index contributed by atoms with van der Waals surface area (Å²) in [6.45, 7) is 0.776. The van der Waals surface area contributed by atoms with Gasteiger partial charge in [0.1, 0.15) is 12.4 Å². The monoisotopic (exact) mass is 366 g/mol. The lowest BCUT2D eigenvalue weighted by atomic mass is 10.1. The Morgan fingerprint density at radius 2 is 2.11 bits per heavy atom. The zero-order valence-corrected chi connectivity index (χ0v) is 14.7. The van der Waals surface area contributed by atoms with Crippen molar-refractivity contribution >= 4 is 34.4 Å². The number of carbonyl (C=O) groups excluding carboxylic acids is 2. The van der Waals surface area contributed by atoms with Gasteiger partial charge in [-0.1, -0.05) is 18.2 Å². The van der Waals surface area contributed by atoms with Crippen LogP contribution in [0.1, 0.15) is 5.56 Å². The number of aryl methyl sites for hydroxylation is 1. The van der Waals surface area contributed by atoms with Gasteiger partial charge in [-0.05, 0) is 29.8 Å². The fourth-order valence-corrected chi connectivity index (χ4v) is 3.25. The first-order valence-corrected chi connectivity index (χ1v) is 8.51. The van der Waals surface area contributed by atoms with Crippen LogP contribution in [0.5, 0.6) is 5.75 Å². The van der Waals surface area contributed by atoms with Gasteiger partial charge >= 0.3 is 6.09 Å². The highest BCUT2D eigenvalue weighted by molar-refractivity contribution is 6.09. The largest absolute Gasteiger partial charge is 0.508 e. The van der Waals surface area contributed by atoms with Crippen molar-refractivity contribution < 1.29 is 19.4 Å². The van der Waals surface area contributed by atoms with E-state index in [1.54, 1.807) is 36.0 Å². The van der Waals surface area contributed by atoms with Crippen LogP contribution in [0.25, 0.3) is 10.9 Å². The van der Waals surface area contributed by atoms with Gasteiger partial charge in [0.05, 0.1) is 29.6 Å². The van der Waals surface area contributed by atoms with E-state index < -0.39 is 6.09 Å². The predicted octanol–water partition coefficient (Wildman–Crippen LogP) is 2.42. The van der Waals surface area contributed by atoms with Crippen molar-refractivity contribution in [2.45, 2.75) is 6.42 Å². The number of anilines is 2. The van der Waals surface area contributed by atoms with Crippen molar-refractivity contribution in [1.29, 1.82) is 0 Å². The fraction of sp³-hybridized carbons (Fsp3) is 0.211. The van der Waals surface area contributed by atoms with Crippen LogP contribution in [0.2, 0.25) is 0 Å². The third kappa shape index (κ3) is 3.17. The van der Waals surface area contributed by atoms with E-state index in [1.165, 1.54) is 4.90 Å². The number of aromatic hydroxyl groups is 1. The summed E-state index contributed by atoms with van der Waals surface area (Å²) in [6.07, 6.45) is -0.316. The summed E-state index contributed by atoms with van der Waals surface area (Å²) in [5, 5.41) is 17.5. The van der Waals surface area contributed by atoms with Crippen molar-refractivity contribution in [3.05, 3.63) is 48.0 Å². The van der Waals surface area contributed by atoms with E-state index in [1.807, 2.05) is 18.2 Å². The average Bonchev–Trinajstić information content (AvgIpc) is 3.19. The number of phenolic OH excluding ortho intramolecular Hbond substituents is 1. The van der Waals surface area contributed by atoms with Crippen LogP contribution in [0.3, 0.4) is 0 Å². The molecule has 1 aromatic heterocycles. The number of amides is 2. The summed E-state index contributed by atoms with van der Waals surface area (Å²) in [5.74, 6) is 0.228. The zero-order chi connectivity index (χ0) is 19.0. The lowest BCUT2D eigenvalue weighted by Crippen LogP contribution is -2.23. The molecule has 0 spiro atoms. The number of hydrogen-bond donors (Lipinski definition) is 2. The number of phenols is 1. The van der Waals surface area contributed by atoms with Crippen LogP contribution < -0.4 is 10.2 Å². The number of nitrogens with zero attached hydrogens (tertiary/aromatic N) is 3. The zero-order valence-electron chi connectivity index (χ0n) is 14.7. The van der Waals surface area contributed by atoms with Crippen LogP contribution in [-0.4, -0.2) is 40.0 Å². The Bertz CT molecular complexity index is 1040. The van der Waals surface area contributed by atoms with Gasteiger partial charge in [0.15, 0.2) is 5.82 Å². The first kappa shape index (κ1) is 16.9. The highest BCUT2D eigenvalue weighted by Crippen LogP contribution is 2.34. The molecule has 8 nitrogen and oxygen atoms in total. The number of carbonyl (C=O) groups is 2. The van der Waals surface area contributed by atoms with Crippen molar-refractivity contribution in [3.63, 3.8) is 0 Å². The number of nitrogens with one attached hydrogen (secondary N) is 1. The molecule has 138 valence electrons. The third-order valence-corrected chi connectivity index (χ3v) is 4.44. The topological polar surface area (TPSA) is 96.7 Å². The molecule has 2 N–H and O–H groups in total. The summed E-state index contributed by atoms with van der Waals surface area (Å²) < 4.78 is 6.69. The number of fused-ring (bicyclic) bond motifs is 1. The number of benzene rings is 2. The van der Waals surface area contributed by atoms with Crippen molar-refractivity contribution in [2.75, 3.05) is 23.4 Å². The van der Waals surface area contributed by atoms with Gasteiger partial charge in [0.25, 0.3) is 0 Å². The van der Waals surface area contributed by atoms with Gasteiger partial charge in [-0.15, -0.1) is 0 Å². The SMILES string of the molecule is Cn1nc(NC(=O)Cc2cccc(O)c2)c2c(N3CCOC3=O)cccc21. The van der Waals surface area contributed by atoms with Crippen LogP contribution in [0.15, 0.2) is 42.5 Å². The van der Waals surface area contributed by atoms with E-state index in [0.29, 0.717) is 35.6 Å². The molecule has 1 fully saturated rings. The Kier molecular flexibility index (Phi) is 4.15. The average molecular weight is 366 g/mol. The molecule has 2 aromatic carbocycles. The summed E-state index contributed by atoms with van der Waals surface area (Å²) >= 11 is 0. The second kappa shape index (κ2) is 6.64. The number of aromatic nitrogens is 2. The van der Waals surface area contributed by atoms with Gasteiger partial charge in [0.2, 0.25) is 5.91 Å². The van der Waals surface area contributed by atoms with Crippen LogP contribution in [0, 0.1) is 0 Å². The number of cyclic esters (lactones) is 1. The summed E-state index contributed by atoms with van der Waals surface area (Å²) in [7, 11) is 1.78. The molecule has 0 unspecified atom stereocenters. The molecule has 0 bridgehead atoms. The molecule has 1 saturated heterocycles. The van der Waals surface area contributed by atoms with Gasteiger partial charge in [0, 0.05) is 7.05 Å². The van der Waals surface area contributed by atoms with E-state index >= 15 is 0 Å². The molecule has 0 aliphatic carbocycles. The molecule has 27 heavy (non-hydrogen) atoms. The minimum Gasteiger partial charge on any atom is -0.508 e. The standard InChI is InChI=1S/C19H18N4O4/c1-22-14-6-3-7-15(23-8-9-27-19(23)26)17(14)18(21-22)20-16(25)11-12-4-2-5-13(24)10-12/h2-7,10,24H,8-9,11H2,1H3,(H,20,21,25). The Labute approximate surface area is 155 Å². The first-order chi connectivity index (χ1) is 13.0. The maximum atomic E-state index is 12.5. The molecular weight excluding hydrogens is 348 g/mol. The maximum Gasteiger partial charge on any atom is 0.414 e. The molecule has 4 rings (SSSR count). The van der Waals surface area contributed by atoms with Gasteiger partial charge in [-0.25, -0.2) is 4.79 Å². The van der Waals surface area contributed by atoms with Crippen LogP contribution in [-0.2, 0) is 23.0 Å². The molecule has 3 aromatic rings. The van der Waals surface area contributed by atoms with E-state index in [4.69, 9.17) is 4.74 Å². The molecular formula is C19H18N4O4. The maximum absolute atomic E-state index is 12.5. The fourth-order valence-electron chi connectivity index (χ4n) is 3.25. The molecule has 1 aliphatic rings. The Morgan fingerprint density at radius 1 is 1.30 bits per heavy atom. The van der Waals surface area contributed by atoms with Crippen molar-refractivity contribution in [1.82, 2.24) is 9.78 Å². The minimum atomic E-state index is -0.414. The second-order valence-electron chi connectivity index (χ2n) is 6.30. The quantitative estimate of drug-likeness (QED) is 0.739. The summed E-state index contributed by atoms with van der Waals surface area (Å²) in [4.78, 5) is 26.0. The summed E-state index contributed by atoms with van der Waals surface area (Å²) in [6, 6.07) is 12.1. The highest BCUT2D eigenvalue weighted by Gasteiger charge is 2.27. The minimum absolute atomic E-state index is 0.0976. The van der Waals surface area contributed by atoms with Crippen LogP contribution >= 0.6 is 0 Å². The second-order valence-corrected chi connectivity index (χ2v) is 6.30. The first-order valence-electron chi connectivity index (χ1n) is 8.51. The van der Waals surface area contributed by atoms with Crippen molar-refractivity contribution in [2.24, 2.45) is 7.05 Å². The number of hydrogen-bond acceptors (Lipinski definition) is 5. The molecule has 8 heteroatoms. The predicted molar refractivity (Wildman–Crippen MR) is 99.8 cm³/mol. The van der Waals surface area contributed by atoms with Gasteiger partial charge in [-0.2, -0.15) is 5.10 Å². The third-order valence-electron chi connectivity index (χ3n) is 4.44. The highest BCUT2D eigenvalue weighted by atomic mass is 16.6. The molecule has 2 amide bonds.